The molecule has 2 aliphatic carbocycles. The Morgan fingerprint density at radius 2 is 1.05 bits per heavy atom. The molecule has 0 heteroatoms. The van der Waals surface area contributed by atoms with E-state index in [1.54, 1.807) is 0 Å². The Morgan fingerprint density at radius 1 is 0.436 bits per heavy atom. The Balaban J connectivity index is 1.56. The maximum absolute atomic E-state index is 2.41. The predicted molar refractivity (Wildman–Crippen MR) is 167 cm³/mol. The van der Waals surface area contributed by atoms with Crippen LogP contribution in [0.4, 0.5) is 0 Å². The van der Waals surface area contributed by atoms with Crippen molar-refractivity contribution in [2.24, 2.45) is 5.92 Å². The zero-order valence-electron chi connectivity index (χ0n) is 21.9. The van der Waals surface area contributed by atoms with Gasteiger partial charge in [-0.25, -0.2) is 0 Å². The number of hydrogen-bond acceptors (Lipinski definition) is 0. The topological polar surface area (TPSA) is 0 Å². The number of rotatable bonds is 3. The highest BCUT2D eigenvalue weighted by molar-refractivity contribution is 6.25. The molecule has 0 saturated heterocycles. The molecule has 0 bridgehead atoms. The van der Waals surface area contributed by atoms with E-state index in [-0.39, 0.29) is 0 Å². The SMILES string of the molecule is CC1C=CC=CC1c1c2c(c(-c3ccccc3)c3ccccc13)-c1ccc(-c3ccccc3)c3cccc-2c13. The Kier molecular flexibility index (Phi) is 4.97. The summed E-state index contributed by atoms with van der Waals surface area (Å²) in [6.45, 7) is 2.35. The van der Waals surface area contributed by atoms with Crippen molar-refractivity contribution in [1.29, 1.82) is 0 Å². The normalized spacial score (nSPS) is 17.2. The molecule has 0 spiro atoms. The maximum atomic E-state index is 2.41. The first-order valence-corrected chi connectivity index (χ1v) is 13.9. The molecule has 0 N–H and O–H groups in total. The van der Waals surface area contributed by atoms with Gasteiger partial charge in [-0.15, -0.1) is 0 Å². The molecule has 39 heavy (non-hydrogen) atoms. The van der Waals surface area contributed by atoms with Crippen LogP contribution in [0, 0.1) is 5.92 Å². The lowest BCUT2D eigenvalue weighted by atomic mass is 9.75. The fourth-order valence-electron chi connectivity index (χ4n) is 7.04. The van der Waals surface area contributed by atoms with E-state index < -0.39 is 0 Å². The molecule has 6 aromatic carbocycles. The smallest absolute Gasteiger partial charge is 0.00939 e. The molecule has 0 heterocycles. The van der Waals surface area contributed by atoms with E-state index >= 15 is 0 Å². The standard InChI is InChI=1S/C39H28/c1-25-13-8-9-18-28(25)37-32-20-11-10-19-31(32)35(27-16-6-3-7-17-27)38-34-24-23-29(26-14-4-2-5-15-26)30-21-12-22-33(36(30)34)39(37)38/h2-25,28H,1H3. The van der Waals surface area contributed by atoms with E-state index in [9.17, 15) is 0 Å². The van der Waals surface area contributed by atoms with Crippen molar-refractivity contribution in [3.63, 3.8) is 0 Å². The van der Waals surface area contributed by atoms with Crippen LogP contribution in [0.2, 0.25) is 0 Å². The van der Waals surface area contributed by atoms with Gasteiger partial charge in [0.05, 0.1) is 0 Å². The first-order chi connectivity index (χ1) is 19.3. The van der Waals surface area contributed by atoms with Gasteiger partial charge in [0.25, 0.3) is 0 Å². The third-order valence-corrected chi connectivity index (χ3v) is 8.73. The molecule has 2 aliphatic rings. The molecule has 0 aliphatic heterocycles. The molecule has 0 nitrogen and oxygen atoms in total. The average molecular weight is 497 g/mol. The van der Waals surface area contributed by atoms with Gasteiger partial charge in [0.15, 0.2) is 0 Å². The monoisotopic (exact) mass is 496 g/mol. The molecule has 0 aromatic heterocycles. The summed E-state index contributed by atoms with van der Waals surface area (Å²) in [5.74, 6) is 0.740. The number of hydrogen-bond donors (Lipinski definition) is 0. The molecular formula is C39H28. The fourth-order valence-corrected chi connectivity index (χ4v) is 7.04. The average Bonchev–Trinajstić information content (AvgIpc) is 3.33. The Morgan fingerprint density at radius 3 is 1.82 bits per heavy atom. The van der Waals surface area contributed by atoms with Crippen molar-refractivity contribution >= 4 is 21.5 Å². The molecule has 0 fully saturated rings. The van der Waals surface area contributed by atoms with Gasteiger partial charge < -0.3 is 0 Å². The van der Waals surface area contributed by atoms with Gasteiger partial charge >= 0.3 is 0 Å². The Bertz CT molecular complexity index is 1960. The van der Waals surface area contributed by atoms with E-state index in [0.29, 0.717) is 11.8 Å². The predicted octanol–water partition coefficient (Wildman–Crippen LogP) is 10.8. The molecule has 2 atom stereocenters. The van der Waals surface area contributed by atoms with E-state index in [1.165, 1.54) is 71.6 Å². The lowest BCUT2D eigenvalue weighted by Gasteiger charge is -2.28. The van der Waals surface area contributed by atoms with Gasteiger partial charge in [0, 0.05) is 5.92 Å². The van der Waals surface area contributed by atoms with Crippen LogP contribution in [0.25, 0.3) is 66.1 Å². The quantitative estimate of drug-likeness (QED) is 0.228. The Labute approximate surface area is 229 Å². The van der Waals surface area contributed by atoms with E-state index in [2.05, 4.69) is 146 Å². The highest BCUT2D eigenvalue weighted by atomic mass is 14.4. The molecule has 6 aromatic rings. The number of allylic oxidation sites excluding steroid dienone is 4. The summed E-state index contributed by atoms with van der Waals surface area (Å²) in [5, 5.41) is 5.40. The van der Waals surface area contributed by atoms with Crippen LogP contribution >= 0.6 is 0 Å². The summed E-state index contributed by atoms with van der Waals surface area (Å²) in [6.07, 6.45) is 9.19. The van der Waals surface area contributed by atoms with E-state index in [4.69, 9.17) is 0 Å². The summed E-state index contributed by atoms with van der Waals surface area (Å²) < 4.78 is 0. The van der Waals surface area contributed by atoms with E-state index in [0.717, 1.165) is 0 Å². The minimum atomic E-state index is 0.316. The van der Waals surface area contributed by atoms with Gasteiger partial charge in [-0.2, -0.15) is 0 Å². The number of fused-ring (bicyclic) bond motifs is 4. The minimum Gasteiger partial charge on any atom is -0.0808 e. The molecule has 184 valence electrons. The molecule has 2 unspecified atom stereocenters. The van der Waals surface area contributed by atoms with Crippen LogP contribution in [-0.2, 0) is 0 Å². The van der Waals surface area contributed by atoms with Crippen LogP contribution in [0.3, 0.4) is 0 Å². The third-order valence-electron chi connectivity index (χ3n) is 8.73. The van der Waals surface area contributed by atoms with Crippen molar-refractivity contribution in [2.75, 3.05) is 0 Å². The fraction of sp³-hybridized carbons (Fsp3) is 0.0769. The second-order valence-electron chi connectivity index (χ2n) is 10.9. The van der Waals surface area contributed by atoms with Crippen LogP contribution in [0.5, 0.6) is 0 Å². The van der Waals surface area contributed by atoms with Crippen LogP contribution in [0.1, 0.15) is 18.4 Å². The third kappa shape index (κ3) is 3.25. The lowest BCUT2D eigenvalue weighted by Crippen LogP contribution is -2.10. The zero-order chi connectivity index (χ0) is 25.9. The lowest BCUT2D eigenvalue weighted by molar-refractivity contribution is 0.640. The van der Waals surface area contributed by atoms with E-state index in [1.807, 2.05) is 0 Å². The van der Waals surface area contributed by atoms with Crippen molar-refractivity contribution < 1.29 is 0 Å². The van der Waals surface area contributed by atoms with Crippen LogP contribution in [0.15, 0.2) is 140 Å². The molecular weight excluding hydrogens is 468 g/mol. The summed E-state index contributed by atoms with van der Waals surface area (Å²) in [7, 11) is 0. The minimum absolute atomic E-state index is 0.316. The van der Waals surface area contributed by atoms with Gasteiger partial charge in [-0.3, -0.25) is 0 Å². The first-order valence-electron chi connectivity index (χ1n) is 13.9. The first kappa shape index (κ1) is 22.3. The summed E-state index contributed by atoms with van der Waals surface area (Å²) in [5.41, 5.74) is 12.1. The van der Waals surface area contributed by atoms with Crippen LogP contribution < -0.4 is 0 Å². The van der Waals surface area contributed by atoms with Crippen molar-refractivity contribution in [3.05, 3.63) is 145 Å². The second-order valence-corrected chi connectivity index (χ2v) is 10.9. The molecule has 0 radical (unpaired) electrons. The summed E-state index contributed by atoms with van der Waals surface area (Å²) in [6, 6.07) is 42.5. The summed E-state index contributed by atoms with van der Waals surface area (Å²) >= 11 is 0. The summed E-state index contributed by atoms with van der Waals surface area (Å²) in [4.78, 5) is 0. The second kappa shape index (κ2) is 8.68. The van der Waals surface area contributed by atoms with Crippen molar-refractivity contribution in [3.8, 4) is 44.5 Å². The molecule has 0 amide bonds. The molecule has 8 rings (SSSR count). The highest BCUT2D eigenvalue weighted by Crippen LogP contribution is 2.58. The van der Waals surface area contributed by atoms with Gasteiger partial charge in [-0.05, 0) is 77.5 Å². The van der Waals surface area contributed by atoms with Gasteiger partial charge in [0.1, 0.15) is 0 Å². The zero-order valence-corrected chi connectivity index (χ0v) is 21.9. The highest BCUT2D eigenvalue weighted by Gasteiger charge is 2.33. The van der Waals surface area contributed by atoms with Crippen LogP contribution in [-0.4, -0.2) is 0 Å². The molecule has 0 saturated carbocycles. The van der Waals surface area contributed by atoms with Crippen molar-refractivity contribution in [2.45, 2.75) is 12.8 Å². The number of benzene rings is 6. The van der Waals surface area contributed by atoms with Crippen molar-refractivity contribution in [1.82, 2.24) is 0 Å². The van der Waals surface area contributed by atoms with Gasteiger partial charge in [-0.1, -0.05) is 146 Å². The Hall–Kier alpha value is -4.68. The van der Waals surface area contributed by atoms with Gasteiger partial charge in [0.2, 0.25) is 0 Å². The largest absolute Gasteiger partial charge is 0.0808 e. The maximum Gasteiger partial charge on any atom is 0.00939 e.